The lowest BCUT2D eigenvalue weighted by Gasteiger charge is -2.13. The summed E-state index contributed by atoms with van der Waals surface area (Å²) in [4.78, 5) is 16.9. The molecule has 0 saturated heterocycles. The van der Waals surface area contributed by atoms with Crippen molar-refractivity contribution in [2.75, 3.05) is 19.8 Å². The van der Waals surface area contributed by atoms with Crippen LogP contribution in [0.15, 0.2) is 32.9 Å². The largest absolute Gasteiger partial charge is 0.356 e. The standard InChI is InChI=1S/C20H30N6O3S.HI/c1-15-13-16(8-9-17(15)30(3,28)29)14-23-19(21-2)22-10-6-12-26-20(27)25-11-5-4-7-18(25)24-26;/h8-9,13H,4-7,10-12,14H2,1-3H3,(H2,21,22,23);1H. The van der Waals surface area contributed by atoms with E-state index in [9.17, 15) is 13.2 Å². The van der Waals surface area contributed by atoms with Crippen molar-refractivity contribution < 1.29 is 8.42 Å². The number of hydrogen-bond acceptors (Lipinski definition) is 5. The molecule has 0 unspecified atom stereocenters. The molecule has 0 radical (unpaired) electrons. The van der Waals surface area contributed by atoms with Gasteiger partial charge in [0.1, 0.15) is 5.82 Å². The Balaban J connectivity index is 0.00000341. The normalized spacial score (nSPS) is 14.0. The van der Waals surface area contributed by atoms with Crippen molar-refractivity contribution >= 4 is 39.8 Å². The predicted octanol–water partition coefficient (Wildman–Crippen LogP) is 1.47. The molecule has 3 rings (SSSR count). The molecule has 0 saturated carbocycles. The van der Waals surface area contributed by atoms with Crippen molar-refractivity contribution in [2.24, 2.45) is 4.99 Å². The summed E-state index contributed by atoms with van der Waals surface area (Å²) in [6.07, 6.45) is 4.97. The molecular weight excluding hydrogens is 531 g/mol. The van der Waals surface area contributed by atoms with Crippen molar-refractivity contribution in [3.8, 4) is 0 Å². The van der Waals surface area contributed by atoms with Gasteiger partial charge >= 0.3 is 5.69 Å². The monoisotopic (exact) mass is 562 g/mol. The number of aromatic nitrogens is 3. The molecule has 172 valence electrons. The summed E-state index contributed by atoms with van der Waals surface area (Å²) < 4.78 is 26.8. The Morgan fingerprint density at radius 2 is 2.03 bits per heavy atom. The zero-order valence-electron chi connectivity index (χ0n) is 18.2. The lowest BCUT2D eigenvalue weighted by molar-refractivity contribution is 0.509. The van der Waals surface area contributed by atoms with Crippen molar-refractivity contribution in [2.45, 2.75) is 57.1 Å². The molecule has 31 heavy (non-hydrogen) atoms. The molecule has 11 heteroatoms. The fraction of sp³-hybridized carbons (Fsp3) is 0.550. The number of benzene rings is 1. The smallest absolute Gasteiger partial charge is 0.345 e. The van der Waals surface area contributed by atoms with E-state index in [1.54, 1.807) is 35.4 Å². The van der Waals surface area contributed by atoms with E-state index >= 15 is 0 Å². The van der Waals surface area contributed by atoms with E-state index in [4.69, 9.17) is 0 Å². The van der Waals surface area contributed by atoms with Gasteiger partial charge in [0.25, 0.3) is 0 Å². The molecule has 2 N–H and O–H groups in total. The highest BCUT2D eigenvalue weighted by molar-refractivity contribution is 14.0. The first-order chi connectivity index (χ1) is 14.3. The lowest BCUT2D eigenvalue weighted by atomic mass is 10.1. The minimum Gasteiger partial charge on any atom is -0.356 e. The van der Waals surface area contributed by atoms with E-state index in [0.717, 1.165) is 49.2 Å². The summed E-state index contributed by atoms with van der Waals surface area (Å²) in [5.74, 6) is 1.55. The number of aryl methyl sites for hydroxylation is 3. The SMILES string of the molecule is CN=C(NCCCn1nc2n(c1=O)CCCC2)NCc1ccc(S(C)(=O)=O)c(C)c1.I. The number of aliphatic imine (C=N–C) groups is 1. The van der Waals surface area contributed by atoms with Crippen LogP contribution in [0.1, 0.15) is 36.2 Å². The third-order valence-electron chi connectivity index (χ3n) is 5.19. The number of guanidine groups is 1. The van der Waals surface area contributed by atoms with Crippen LogP contribution in [0.3, 0.4) is 0 Å². The average molecular weight is 562 g/mol. The Morgan fingerprint density at radius 1 is 1.26 bits per heavy atom. The highest BCUT2D eigenvalue weighted by Gasteiger charge is 2.16. The second-order valence-electron chi connectivity index (χ2n) is 7.61. The fourth-order valence-corrected chi connectivity index (χ4v) is 4.63. The Hall–Kier alpha value is -1.89. The van der Waals surface area contributed by atoms with Crippen LogP contribution in [0.4, 0.5) is 0 Å². The lowest BCUT2D eigenvalue weighted by Crippen LogP contribution is -2.38. The van der Waals surface area contributed by atoms with Gasteiger partial charge in [-0.05, 0) is 43.4 Å². The molecule has 2 heterocycles. The van der Waals surface area contributed by atoms with E-state index in [-0.39, 0.29) is 29.7 Å². The molecule has 0 atom stereocenters. The van der Waals surface area contributed by atoms with E-state index in [1.807, 2.05) is 6.07 Å². The molecular formula is C20H31IN6O3S. The molecule has 1 aromatic heterocycles. The van der Waals surface area contributed by atoms with E-state index in [2.05, 4.69) is 20.7 Å². The zero-order valence-corrected chi connectivity index (χ0v) is 21.4. The zero-order chi connectivity index (χ0) is 21.7. The van der Waals surface area contributed by atoms with Crippen molar-refractivity contribution in [3.63, 3.8) is 0 Å². The van der Waals surface area contributed by atoms with Crippen LogP contribution in [0.2, 0.25) is 0 Å². The summed E-state index contributed by atoms with van der Waals surface area (Å²) in [5, 5.41) is 10.9. The highest BCUT2D eigenvalue weighted by Crippen LogP contribution is 2.16. The minimum atomic E-state index is -3.22. The number of hydrogen-bond donors (Lipinski definition) is 2. The summed E-state index contributed by atoms with van der Waals surface area (Å²) in [5.41, 5.74) is 1.69. The Kier molecular flexibility index (Phi) is 9.10. The average Bonchev–Trinajstić information content (AvgIpc) is 3.02. The molecule has 0 spiro atoms. The number of nitrogens with zero attached hydrogens (tertiary/aromatic N) is 4. The number of halogens is 1. The molecule has 1 aliphatic rings. The van der Waals surface area contributed by atoms with Gasteiger partial charge in [0.05, 0.1) is 4.90 Å². The van der Waals surface area contributed by atoms with Gasteiger partial charge in [0.2, 0.25) is 0 Å². The van der Waals surface area contributed by atoms with Gasteiger partial charge in [0.15, 0.2) is 15.8 Å². The first-order valence-corrected chi connectivity index (χ1v) is 12.1. The van der Waals surface area contributed by atoms with E-state index in [1.165, 1.54) is 6.26 Å². The molecule has 0 aliphatic carbocycles. The Labute approximate surface area is 200 Å². The molecule has 9 nitrogen and oxygen atoms in total. The van der Waals surface area contributed by atoms with Crippen LogP contribution in [0.5, 0.6) is 0 Å². The minimum absolute atomic E-state index is 0. The number of sulfone groups is 1. The molecule has 0 fully saturated rings. The van der Waals surface area contributed by atoms with Crippen LogP contribution in [0.25, 0.3) is 0 Å². The van der Waals surface area contributed by atoms with Crippen LogP contribution < -0.4 is 16.3 Å². The third kappa shape index (κ3) is 6.55. The maximum atomic E-state index is 12.3. The number of fused-ring (bicyclic) bond motifs is 1. The van der Waals surface area contributed by atoms with Crippen molar-refractivity contribution in [3.05, 3.63) is 45.6 Å². The van der Waals surface area contributed by atoms with Crippen LogP contribution in [-0.4, -0.2) is 48.6 Å². The maximum Gasteiger partial charge on any atom is 0.345 e. The van der Waals surface area contributed by atoms with Gasteiger partial charge in [-0.3, -0.25) is 9.56 Å². The molecule has 0 bridgehead atoms. The summed E-state index contributed by atoms with van der Waals surface area (Å²) in [6.45, 7) is 4.31. The topological polar surface area (TPSA) is 110 Å². The summed E-state index contributed by atoms with van der Waals surface area (Å²) in [6, 6.07) is 5.31. The first kappa shape index (κ1) is 25.4. The second-order valence-corrected chi connectivity index (χ2v) is 9.59. The van der Waals surface area contributed by atoms with Crippen LogP contribution in [-0.2, 0) is 35.9 Å². The van der Waals surface area contributed by atoms with Gasteiger partial charge in [-0.25, -0.2) is 17.9 Å². The van der Waals surface area contributed by atoms with Gasteiger partial charge < -0.3 is 10.6 Å². The molecule has 1 aliphatic heterocycles. The summed E-state index contributed by atoms with van der Waals surface area (Å²) >= 11 is 0. The van der Waals surface area contributed by atoms with Crippen molar-refractivity contribution in [1.29, 1.82) is 0 Å². The second kappa shape index (κ2) is 11.1. The molecule has 2 aromatic rings. The van der Waals surface area contributed by atoms with Gasteiger partial charge in [-0.15, -0.1) is 24.0 Å². The maximum absolute atomic E-state index is 12.3. The number of rotatable bonds is 7. The Bertz CT molecular complexity index is 1090. The first-order valence-electron chi connectivity index (χ1n) is 10.2. The predicted molar refractivity (Wildman–Crippen MR) is 132 cm³/mol. The van der Waals surface area contributed by atoms with Gasteiger partial charge in [0, 0.05) is 45.9 Å². The van der Waals surface area contributed by atoms with Gasteiger partial charge in [-0.2, -0.15) is 5.10 Å². The van der Waals surface area contributed by atoms with Crippen LogP contribution >= 0.6 is 24.0 Å². The molecule has 0 amide bonds. The third-order valence-corrected chi connectivity index (χ3v) is 6.45. The van der Waals surface area contributed by atoms with E-state index < -0.39 is 9.84 Å². The van der Waals surface area contributed by atoms with Gasteiger partial charge in [-0.1, -0.05) is 12.1 Å². The highest BCUT2D eigenvalue weighted by atomic mass is 127. The van der Waals surface area contributed by atoms with E-state index in [0.29, 0.717) is 30.5 Å². The Morgan fingerprint density at radius 3 is 2.68 bits per heavy atom. The van der Waals surface area contributed by atoms with Crippen LogP contribution in [0, 0.1) is 6.92 Å². The molecule has 1 aromatic carbocycles. The number of nitrogens with one attached hydrogen (secondary N) is 2. The summed E-state index contributed by atoms with van der Waals surface area (Å²) in [7, 11) is -1.52. The van der Waals surface area contributed by atoms with Crippen molar-refractivity contribution in [1.82, 2.24) is 25.0 Å². The quantitative estimate of drug-likeness (QED) is 0.229. The fourth-order valence-electron chi connectivity index (χ4n) is 3.67.